The summed E-state index contributed by atoms with van der Waals surface area (Å²) in [7, 11) is 3.33. The number of hydrogen-bond donors (Lipinski definition) is 1. The third-order valence-electron chi connectivity index (χ3n) is 4.67. The van der Waals surface area contributed by atoms with Crippen molar-refractivity contribution >= 4 is 5.69 Å². The molecule has 1 N–H and O–H groups in total. The number of aromatic nitrogens is 2. The van der Waals surface area contributed by atoms with E-state index in [0.29, 0.717) is 0 Å². The number of fused-ring (bicyclic) bond motifs is 3. The van der Waals surface area contributed by atoms with Crippen molar-refractivity contribution in [1.29, 1.82) is 0 Å². The zero-order valence-corrected chi connectivity index (χ0v) is 14.8. The molecule has 1 aromatic heterocycles. The number of nitrogens with one attached hydrogen (secondary N) is 1. The predicted molar refractivity (Wildman–Crippen MR) is 98.4 cm³/mol. The van der Waals surface area contributed by atoms with Crippen LogP contribution in [0.2, 0.25) is 0 Å². The Hall–Kier alpha value is -2.95. The van der Waals surface area contributed by atoms with Crippen molar-refractivity contribution in [3.63, 3.8) is 0 Å². The number of para-hydroxylation sites is 1. The van der Waals surface area contributed by atoms with Gasteiger partial charge < -0.3 is 14.8 Å². The lowest BCUT2D eigenvalue weighted by Crippen LogP contribution is -2.26. The zero-order chi connectivity index (χ0) is 17.6. The van der Waals surface area contributed by atoms with Gasteiger partial charge in [0.2, 0.25) is 0 Å². The van der Waals surface area contributed by atoms with Crippen LogP contribution in [0.3, 0.4) is 0 Å². The van der Waals surface area contributed by atoms with E-state index in [2.05, 4.69) is 36.5 Å². The van der Waals surface area contributed by atoms with Gasteiger partial charge in [-0.2, -0.15) is 5.10 Å². The second-order valence-electron chi connectivity index (χ2n) is 6.27. The Balaban J connectivity index is 1.91. The fourth-order valence-electron chi connectivity index (χ4n) is 3.44. The maximum Gasteiger partial charge on any atom is 0.150 e. The maximum absolute atomic E-state index is 5.62. The number of nitrogens with zero attached hydrogens (tertiary/aromatic N) is 2. The van der Waals surface area contributed by atoms with Crippen LogP contribution < -0.4 is 14.8 Å². The molecule has 3 aromatic rings. The van der Waals surface area contributed by atoms with Gasteiger partial charge in [0.1, 0.15) is 11.5 Å². The average Bonchev–Trinajstić information content (AvgIpc) is 3.02. The van der Waals surface area contributed by atoms with Crippen LogP contribution in [-0.2, 0) is 0 Å². The summed E-state index contributed by atoms with van der Waals surface area (Å²) in [4.78, 5) is 0. The lowest BCUT2D eigenvalue weighted by molar-refractivity contribution is 0.386. The smallest absolute Gasteiger partial charge is 0.150 e. The van der Waals surface area contributed by atoms with Gasteiger partial charge in [0.25, 0.3) is 0 Å². The third-order valence-corrected chi connectivity index (χ3v) is 4.67. The van der Waals surface area contributed by atoms with E-state index in [4.69, 9.17) is 14.6 Å². The van der Waals surface area contributed by atoms with Crippen LogP contribution in [0.25, 0.3) is 11.3 Å². The van der Waals surface area contributed by atoms with Crippen LogP contribution in [0.1, 0.15) is 23.0 Å². The second kappa shape index (κ2) is 5.84. The Morgan fingerprint density at radius 1 is 1.04 bits per heavy atom. The van der Waals surface area contributed by atoms with Crippen molar-refractivity contribution in [1.82, 2.24) is 9.78 Å². The summed E-state index contributed by atoms with van der Waals surface area (Å²) in [5.74, 6) is 1.54. The third kappa shape index (κ3) is 2.43. The Morgan fingerprint density at radius 2 is 1.88 bits per heavy atom. The largest absolute Gasteiger partial charge is 0.497 e. The minimum absolute atomic E-state index is 0.141. The van der Waals surface area contributed by atoms with Gasteiger partial charge in [0, 0.05) is 22.9 Å². The van der Waals surface area contributed by atoms with E-state index in [1.54, 1.807) is 14.2 Å². The number of aryl methyl sites for hydroxylation is 2. The molecule has 0 aliphatic carbocycles. The first kappa shape index (κ1) is 15.6. The first-order valence-electron chi connectivity index (χ1n) is 8.27. The van der Waals surface area contributed by atoms with Gasteiger partial charge in [0.05, 0.1) is 25.6 Å². The van der Waals surface area contributed by atoms with Crippen LogP contribution in [-0.4, -0.2) is 24.0 Å². The molecular weight excluding hydrogens is 314 g/mol. The molecular formula is C20H21N3O2. The van der Waals surface area contributed by atoms with Crippen LogP contribution in [0.5, 0.6) is 11.5 Å². The number of ether oxygens (including phenoxy) is 2. The number of hydrogen-bond acceptors (Lipinski definition) is 4. The normalized spacial score (nSPS) is 15.1. The molecule has 5 nitrogen and oxygen atoms in total. The summed E-state index contributed by atoms with van der Waals surface area (Å²) >= 11 is 0. The molecule has 0 saturated heterocycles. The Morgan fingerprint density at radius 3 is 2.64 bits per heavy atom. The topological polar surface area (TPSA) is 48.3 Å². The van der Waals surface area contributed by atoms with E-state index >= 15 is 0 Å². The van der Waals surface area contributed by atoms with E-state index in [0.717, 1.165) is 34.1 Å². The number of benzene rings is 2. The molecule has 2 heterocycles. The van der Waals surface area contributed by atoms with E-state index in [9.17, 15) is 0 Å². The van der Waals surface area contributed by atoms with Crippen LogP contribution in [0.4, 0.5) is 5.69 Å². The van der Waals surface area contributed by atoms with Crippen molar-refractivity contribution in [3.05, 3.63) is 59.3 Å². The lowest BCUT2D eigenvalue weighted by Gasteiger charge is -2.31. The van der Waals surface area contributed by atoms with Crippen molar-refractivity contribution in [2.24, 2.45) is 0 Å². The fourth-order valence-corrected chi connectivity index (χ4v) is 3.44. The highest BCUT2D eigenvalue weighted by Crippen LogP contribution is 2.42. The highest BCUT2D eigenvalue weighted by atomic mass is 16.5. The fraction of sp³-hybridized carbons (Fsp3) is 0.250. The first-order valence-corrected chi connectivity index (χ1v) is 8.27. The summed E-state index contributed by atoms with van der Waals surface area (Å²) in [5.41, 5.74) is 6.63. The lowest BCUT2D eigenvalue weighted by atomic mass is 10.00. The molecule has 0 unspecified atom stereocenters. The van der Waals surface area contributed by atoms with Crippen LogP contribution in [0.15, 0.2) is 42.5 Å². The van der Waals surface area contributed by atoms with Gasteiger partial charge >= 0.3 is 0 Å². The quantitative estimate of drug-likeness (QED) is 0.781. The average molecular weight is 335 g/mol. The Bertz CT molecular complexity index is 946. The standard InChI is InChI=1S/C20H21N3O2/c1-12-6-5-7-15-17-10-13(2)22-23(17)20(21-19(12)15)16-9-8-14(24-3)11-18(16)25-4/h5-11,20-21H,1-4H3/t20-/m1/s1. The van der Waals surface area contributed by atoms with E-state index in [1.165, 1.54) is 11.1 Å². The van der Waals surface area contributed by atoms with Crippen LogP contribution >= 0.6 is 0 Å². The van der Waals surface area contributed by atoms with Crippen molar-refractivity contribution in [3.8, 4) is 22.8 Å². The molecule has 128 valence electrons. The number of rotatable bonds is 3. The van der Waals surface area contributed by atoms with Gasteiger partial charge in [-0.1, -0.05) is 18.2 Å². The molecule has 1 aliphatic rings. The summed E-state index contributed by atoms with van der Waals surface area (Å²) < 4.78 is 13.0. The SMILES string of the molecule is COc1ccc([C@@H]2Nc3c(C)cccc3-c3cc(C)nn32)c(OC)c1. The van der Waals surface area contributed by atoms with Crippen LogP contribution in [0, 0.1) is 13.8 Å². The Kier molecular flexibility index (Phi) is 3.64. The van der Waals surface area contributed by atoms with E-state index in [-0.39, 0.29) is 6.17 Å². The number of methoxy groups -OCH3 is 2. The molecule has 2 aromatic carbocycles. The molecule has 1 aliphatic heterocycles. The molecule has 5 heteroatoms. The molecule has 0 amide bonds. The molecule has 0 spiro atoms. The van der Waals surface area contributed by atoms with Crippen molar-refractivity contribution in [2.45, 2.75) is 20.0 Å². The highest BCUT2D eigenvalue weighted by Gasteiger charge is 2.29. The molecule has 25 heavy (non-hydrogen) atoms. The summed E-state index contributed by atoms with van der Waals surface area (Å²) in [6.07, 6.45) is -0.141. The van der Waals surface area contributed by atoms with Gasteiger partial charge in [-0.05, 0) is 37.6 Å². The monoisotopic (exact) mass is 335 g/mol. The van der Waals surface area contributed by atoms with Gasteiger partial charge in [0.15, 0.2) is 6.17 Å². The first-order chi connectivity index (χ1) is 12.1. The molecule has 0 saturated carbocycles. The highest BCUT2D eigenvalue weighted by molar-refractivity contribution is 5.81. The minimum atomic E-state index is -0.141. The maximum atomic E-state index is 5.62. The summed E-state index contributed by atoms with van der Waals surface area (Å²) in [5, 5.41) is 8.37. The molecule has 0 fully saturated rings. The molecule has 4 rings (SSSR count). The zero-order valence-electron chi connectivity index (χ0n) is 14.8. The minimum Gasteiger partial charge on any atom is -0.497 e. The Labute approximate surface area is 147 Å². The molecule has 0 bridgehead atoms. The van der Waals surface area contributed by atoms with Gasteiger partial charge in [-0.3, -0.25) is 0 Å². The van der Waals surface area contributed by atoms with E-state index in [1.807, 2.05) is 29.8 Å². The number of anilines is 1. The summed E-state index contributed by atoms with van der Waals surface area (Å²) in [6.45, 7) is 4.14. The molecule has 1 atom stereocenters. The van der Waals surface area contributed by atoms with Gasteiger partial charge in [-0.25, -0.2) is 4.68 Å². The predicted octanol–water partition coefficient (Wildman–Crippen LogP) is 4.16. The van der Waals surface area contributed by atoms with E-state index < -0.39 is 0 Å². The van der Waals surface area contributed by atoms with Crippen molar-refractivity contribution in [2.75, 3.05) is 19.5 Å². The molecule has 0 radical (unpaired) electrons. The second-order valence-corrected chi connectivity index (χ2v) is 6.27. The van der Waals surface area contributed by atoms with Gasteiger partial charge in [-0.15, -0.1) is 0 Å². The summed E-state index contributed by atoms with van der Waals surface area (Å²) in [6, 6.07) is 14.3. The van der Waals surface area contributed by atoms with Crippen molar-refractivity contribution < 1.29 is 9.47 Å².